The zero-order valence-electron chi connectivity index (χ0n) is 12.6. The number of nitrogens with zero attached hydrogens (tertiary/aromatic N) is 2. The molecule has 112 valence electrons. The van der Waals surface area contributed by atoms with E-state index in [1.165, 1.54) is 19.4 Å². The molecule has 0 saturated carbocycles. The molecular formula is C16H27N3O. The van der Waals surface area contributed by atoms with Crippen molar-refractivity contribution >= 4 is 0 Å². The van der Waals surface area contributed by atoms with Crippen LogP contribution >= 0.6 is 0 Å². The maximum absolute atomic E-state index is 10.4. The first-order valence-corrected chi connectivity index (χ1v) is 7.46. The molecule has 0 bridgehead atoms. The van der Waals surface area contributed by atoms with Crippen molar-refractivity contribution in [2.24, 2.45) is 5.73 Å². The van der Waals surface area contributed by atoms with Gasteiger partial charge in [0, 0.05) is 25.7 Å². The Morgan fingerprint density at radius 3 is 2.70 bits per heavy atom. The molecule has 1 heterocycles. The van der Waals surface area contributed by atoms with E-state index in [0.29, 0.717) is 19.1 Å². The number of hydrogen-bond acceptors (Lipinski definition) is 4. The van der Waals surface area contributed by atoms with Crippen LogP contribution in [0.15, 0.2) is 24.3 Å². The van der Waals surface area contributed by atoms with Crippen LogP contribution in [0.3, 0.4) is 0 Å². The summed E-state index contributed by atoms with van der Waals surface area (Å²) in [5.41, 5.74) is 7.66. The Kier molecular flexibility index (Phi) is 5.54. The monoisotopic (exact) mass is 277 g/mol. The minimum absolute atomic E-state index is 0.431. The Balaban J connectivity index is 1.90. The van der Waals surface area contributed by atoms with Crippen molar-refractivity contribution in [3.05, 3.63) is 35.4 Å². The Bertz CT molecular complexity index is 407. The fourth-order valence-corrected chi connectivity index (χ4v) is 2.90. The van der Waals surface area contributed by atoms with Gasteiger partial charge in [0.1, 0.15) is 0 Å². The summed E-state index contributed by atoms with van der Waals surface area (Å²) in [5.74, 6) is 0. The van der Waals surface area contributed by atoms with Gasteiger partial charge in [-0.15, -0.1) is 0 Å². The molecule has 1 saturated heterocycles. The molecule has 1 aromatic carbocycles. The SMILES string of the molecule is CN1CCCC(N(C)CC(O)c2ccc(CN)cc2)C1. The van der Waals surface area contributed by atoms with Crippen LogP contribution in [0.1, 0.15) is 30.1 Å². The molecule has 3 N–H and O–H groups in total. The molecule has 4 nitrogen and oxygen atoms in total. The van der Waals surface area contributed by atoms with Crippen molar-refractivity contribution in [2.75, 3.05) is 33.7 Å². The Morgan fingerprint density at radius 1 is 1.40 bits per heavy atom. The molecule has 20 heavy (non-hydrogen) atoms. The van der Waals surface area contributed by atoms with Crippen molar-refractivity contribution < 1.29 is 5.11 Å². The number of hydrogen-bond donors (Lipinski definition) is 2. The third kappa shape index (κ3) is 4.03. The van der Waals surface area contributed by atoms with Gasteiger partial charge in [-0.2, -0.15) is 0 Å². The van der Waals surface area contributed by atoms with Crippen molar-refractivity contribution in [1.29, 1.82) is 0 Å². The van der Waals surface area contributed by atoms with Crippen LogP contribution in [-0.2, 0) is 6.54 Å². The van der Waals surface area contributed by atoms with E-state index in [9.17, 15) is 5.11 Å². The summed E-state index contributed by atoms with van der Waals surface area (Å²) in [6.45, 7) is 3.51. The lowest BCUT2D eigenvalue weighted by molar-refractivity contribution is 0.0742. The zero-order valence-corrected chi connectivity index (χ0v) is 12.6. The maximum atomic E-state index is 10.4. The second-order valence-corrected chi connectivity index (χ2v) is 5.96. The number of aliphatic hydroxyl groups is 1. The molecule has 2 atom stereocenters. The molecular weight excluding hydrogens is 250 g/mol. The Morgan fingerprint density at radius 2 is 2.10 bits per heavy atom. The van der Waals surface area contributed by atoms with Gasteiger partial charge >= 0.3 is 0 Å². The van der Waals surface area contributed by atoms with Crippen LogP contribution in [0, 0.1) is 0 Å². The van der Waals surface area contributed by atoms with Crippen LogP contribution in [-0.4, -0.2) is 54.7 Å². The minimum atomic E-state index is -0.431. The van der Waals surface area contributed by atoms with Crippen molar-refractivity contribution in [2.45, 2.75) is 31.5 Å². The highest BCUT2D eigenvalue weighted by atomic mass is 16.3. The number of piperidine rings is 1. The predicted octanol–water partition coefficient (Wildman–Crippen LogP) is 1.20. The number of nitrogens with two attached hydrogens (primary N) is 1. The summed E-state index contributed by atoms with van der Waals surface area (Å²) in [4.78, 5) is 4.66. The predicted molar refractivity (Wildman–Crippen MR) is 82.4 cm³/mol. The number of likely N-dealkylation sites (N-methyl/N-ethyl adjacent to an activating group) is 2. The number of aliphatic hydroxyl groups excluding tert-OH is 1. The summed E-state index contributed by atoms with van der Waals surface area (Å²) >= 11 is 0. The van der Waals surface area contributed by atoms with Gasteiger partial charge in [-0.3, -0.25) is 4.90 Å². The largest absolute Gasteiger partial charge is 0.387 e. The molecule has 0 spiro atoms. The Labute approximate surface area is 122 Å². The van der Waals surface area contributed by atoms with Crippen LogP contribution < -0.4 is 5.73 Å². The molecule has 1 aliphatic heterocycles. The molecule has 2 unspecified atom stereocenters. The maximum Gasteiger partial charge on any atom is 0.0916 e. The van der Waals surface area contributed by atoms with E-state index >= 15 is 0 Å². The summed E-state index contributed by atoms with van der Waals surface area (Å²) in [6, 6.07) is 8.49. The van der Waals surface area contributed by atoms with Crippen molar-refractivity contribution in [3.63, 3.8) is 0 Å². The van der Waals surface area contributed by atoms with E-state index in [2.05, 4.69) is 23.9 Å². The van der Waals surface area contributed by atoms with Gasteiger partial charge in [0.05, 0.1) is 6.10 Å². The van der Waals surface area contributed by atoms with Crippen molar-refractivity contribution in [3.8, 4) is 0 Å². The molecule has 0 aromatic heterocycles. The average molecular weight is 277 g/mol. The number of benzene rings is 1. The standard InChI is InChI=1S/C16H27N3O/c1-18-9-3-4-15(11-18)19(2)12-16(20)14-7-5-13(10-17)6-8-14/h5-8,15-16,20H,3-4,9-12,17H2,1-2H3. The molecule has 0 radical (unpaired) electrons. The first-order chi connectivity index (χ1) is 9.60. The van der Waals surface area contributed by atoms with Crippen molar-refractivity contribution in [1.82, 2.24) is 9.80 Å². The zero-order chi connectivity index (χ0) is 14.5. The van der Waals surface area contributed by atoms with Gasteiger partial charge in [0.15, 0.2) is 0 Å². The molecule has 2 rings (SSSR count). The van der Waals surface area contributed by atoms with Crippen LogP contribution in [0.2, 0.25) is 0 Å². The normalized spacial score (nSPS) is 22.1. The van der Waals surface area contributed by atoms with Gasteiger partial charge in [-0.05, 0) is 44.6 Å². The second kappa shape index (κ2) is 7.18. The van der Waals surface area contributed by atoms with E-state index in [0.717, 1.165) is 17.7 Å². The van der Waals surface area contributed by atoms with E-state index in [1.807, 2.05) is 24.3 Å². The average Bonchev–Trinajstić information content (AvgIpc) is 2.47. The van der Waals surface area contributed by atoms with Gasteiger partial charge in [-0.1, -0.05) is 24.3 Å². The van der Waals surface area contributed by atoms with E-state index in [1.54, 1.807) is 0 Å². The summed E-state index contributed by atoms with van der Waals surface area (Å²) < 4.78 is 0. The number of rotatable bonds is 5. The molecule has 4 heteroatoms. The molecule has 1 aliphatic rings. The summed E-state index contributed by atoms with van der Waals surface area (Å²) in [7, 11) is 4.28. The lowest BCUT2D eigenvalue weighted by atomic mass is 10.0. The molecule has 0 aliphatic carbocycles. The van der Waals surface area contributed by atoms with Gasteiger partial charge in [0.25, 0.3) is 0 Å². The van der Waals surface area contributed by atoms with Gasteiger partial charge in [0.2, 0.25) is 0 Å². The van der Waals surface area contributed by atoms with E-state index in [-0.39, 0.29) is 0 Å². The highest BCUT2D eigenvalue weighted by molar-refractivity contribution is 5.24. The highest BCUT2D eigenvalue weighted by Crippen LogP contribution is 2.19. The van der Waals surface area contributed by atoms with E-state index in [4.69, 9.17) is 5.73 Å². The van der Waals surface area contributed by atoms with Gasteiger partial charge < -0.3 is 15.7 Å². The third-order valence-corrected chi connectivity index (χ3v) is 4.28. The quantitative estimate of drug-likeness (QED) is 0.849. The Hall–Kier alpha value is -0.940. The fourth-order valence-electron chi connectivity index (χ4n) is 2.90. The fraction of sp³-hybridized carbons (Fsp3) is 0.625. The van der Waals surface area contributed by atoms with Crippen LogP contribution in [0.25, 0.3) is 0 Å². The first-order valence-electron chi connectivity index (χ1n) is 7.46. The second-order valence-electron chi connectivity index (χ2n) is 5.96. The minimum Gasteiger partial charge on any atom is -0.387 e. The molecule has 1 aromatic rings. The van der Waals surface area contributed by atoms with Crippen LogP contribution in [0.4, 0.5) is 0 Å². The lowest BCUT2D eigenvalue weighted by Gasteiger charge is -2.36. The molecule has 0 amide bonds. The van der Waals surface area contributed by atoms with Gasteiger partial charge in [-0.25, -0.2) is 0 Å². The smallest absolute Gasteiger partial charge is 0.0916 e. The highest BCUT2D eigenvalue weighted by Gasteiger charge is 2.22. The first kappa shape index (κ1) is 15.4. The topological polar surface area (TPSA) is 52.7 Å². The summed E-state index contributed by atoms with van der Waals surface area (Å²) in [6.07, 6.45) is 2.03. The molecule has 1 fully saturated rings. The third-order valence-electron chi connectivity index (χ3n) is 4.28. The van der Waals surface area contributed by atoms with Crippen LogP contribution in [0.5, 0.6) is 0 Å². The summed E-state index contributed by atoms with van der Waals surface area (Å²) in [5, 5.41) is 10.4. The van der Waals surface area contributed by atoms with E-state index < -0.39 is 6.10 Å². The lowest BCUT2D eigenvalue weighted by Crippen LogP contribution is -2.46. The number of likely N-dealkylation sites (tertiary alicyclic amines) is 1.